The molecule has 5 aromatic rings. The quantitative estimate of drug-likeness (QED) is 0.312. The van der Waals surface area contributed by atoms with E-state index in [0.29, 0.717) is 21.3 Å². The topological polar surface area (TPSA) is 70.9 Å². The number of aliphatic hydroxyl groups excluding tert-OH is 1. The number of hydrogen-bond acceptors (Lipinski definition) is 3. The molecule has 5 nitrogen and oxygen atoms in total. The van der Waals surface area contributed by atoms with E-state index in [2.05, 4.69) is 26.1 Å². The minimum atomic E-state index is -0.727. The van der Waals surface area contributed by atoms with Gasteiger partial charge in [-0.15, -0.1) is 0 Å². The fourth-order valence-electron chi connectivity index (χ4n) is 4.07. The molecule has 0 saturated carbocycles. The van der Waals surface area contributed by atoms with Gasteiger partial charge in [-0.1, -0.05) is 22.0 Å². The van der Waals surface area contributed by atoms with Gasteiger partial charge in [0.05, 0.1) is 23.9 Å². The van der Waals surface area contributed by atoms with Crippen LogP contribution in [0.3, 0.4) is 0 Å². The number of aliphatic hydroxyl groups is 1. The highest BCUT2D eigenvalue weighted by molar-refractivity contribution is 9.10. The molecule has 0 aliphatic rings. The molecule has 2 N–H and O–H groups in total. The maximum absolute atomic E-state index is 13.9. The molecule has 170 valence electrons. The number of nitrogens with zero attached hydrogens (tertiary/aromatic N) is 2. The molecule has 0 fully saturated rings. The number of aromatic nitrogens is 3. The van der Waals surface area contributed by atoms with Crippen molar-refractivity contribution >= 4 is 26.8 Å². The Morgan fingerprint density at radius 1 is 0.912 bits per heavy atom. The molecule has 1 unspecified atom stereocenters. The Labute approximate surface area is 201 Å². The van der Waals surface area contributed by atoms with Crippen molar-refractivity contribution in [2.45, 2.75) is 6.04 Å². The Kier molecular flexibility index (Phi) is 5.85. The summed E-state index contributed by atoms with van der Waals surface area (Å²) in [6.07, 6.45) is 1.60. The lowest BCUT2D eigenvalue weighted by molar-refractivity contribution is 0.246. The lowest BCUT2D eigenvalue weighted by atomic mass is 10.0. The second-order valence-corrected chi connectivity index (χ2v) is 8.82. The summed E-state index contributed by atoms with van der Waals surface area (Å²) in [7, 11) is 0. The molecular formula is C26H18BrF2N3O2. The van der Waals surface area contributed by atoms with Crippen LogP contribution in [0.15, 0.2) is 88.3 Å². The Morgan fingerprint density at radius 3 is 2.35 bits per heavy atom. The molecule has 0 saturated heterocycles. The van der Waals surface area contributed by atoms with Gasteiger partial charge in [0.15, 0.2) is 0 Å². The summed E-state index contributed by atoms with van der Waals surface area (Å²) < 4.78 is 29.1. The van der Waals surface area contributed by atoms with Crippen LogP contribution in [0.5, 0.6) is 0 Å². The predicted molar refractivity (Wildman–Crippen MR) is 131 cm³/mol. The summed E-state index contributed by atoms with van der Waals surface area (Å²) in [4.78, 5) is 13.0. The Hall–Kier alpha value is -3.62. The van der Waals surface area contributed by atoms with Crippen molar-refractivity contribution in [1.29, 1.82) is 0 Å². The third kappa shape index (κ3) is 4.18. The maximum Gasteiger partial charge on any atom is 0.251 e. The number of hydrogen-bond donors (Lipinski definition) is 2. The van der Waals surface area contributed by atoms with Crippen molar-refractivity contribution in [2.24, 2.45) is 0 Å². The number of nitrogens with one attached hydrogen (secondary N) is 1. The van der Waals surface area contributed by atoms with Gasteiger partial charge in [-0.25, -0.2) is 8.78 Å². The highest BCUT2D eigenvalue weighted by Crippen LogP contribution is 2.30. The molecule has 2 heterocycles. The van der Waals surface area contributed by atoms with E-state index in [1.54, 1.807) is 30.5 Å². The van der Waals surface area contributed by atoms with E-state index in [4.69, 9.17) is 0 Å². The molecule has 5 rings (SSSR count). The van der Waals surface area contributed by atoms with Gasteiger partial charge in [-0.2, -0.15) is 5.10 Å². The zero-order valence-electron chi connectivity index (χ0n) is 17.7. The van der Waals surface area contributed by atoms with Crippen molar-refractivity contribution < 1.29 is 13.9 Å². The first kappa shape index (κ1) is 22.2. The van der Waals surface area contributed by atoms with Gasteiger partial charge < -0.3 is 9.67 Å². The minimum absolute atomic E-state index is 0.323. The average Bonchev–Trinajstić information content (AvgIpc) is 3.24. The fourth-order valence-corrected chi connectivity index (χ4v) is 4.55. The molecule has 0 amide bonds. The summed E-state index contributed by atoms with van der Waals surface area (Å²) in [5, 5.41) is 18.1. The van der Waals surface area contributed by atoms with Gasteiger partial charge >= 0.3 is 0 Å². The van der Waals surface area contributed by atoms with Crippen molar-refractivity contribution in [3.63, 3.8) is 0 Å². The van der Waals surface area contributed by atoms with Crippen molar-refractivity contribution in [1.82, 2.24) is 14.8 Å². The number of benzene rings is 3. The number of aromatic amines is 1. The summed E-state index contributed by atoms with van der Waals surface area (Å²) in [6, 6.07) is 18.6. The first-order chi connectivity index (χ1) is 16.4. The summed E-state index contributed by atoms with van der Waals surface area (Å²) >= 11 is 3.25. The second-order valence-electron chi connectivity index (χ2n) is 7.90. The van der Waals surface area contributed by atoms with Crippen molar-refractivity contribution in [3.05, 3.63) is 111 Å². The number of halogens is 3. The van der Waals surface area contributed by atoms with Gasteiger partial charge in [-0.05, 0) is 77.4 Å². The summed E-state index contributed by atoms with van der Waals surface area (Å²) in [5.74, 6) is -0.783. The highest BCUT2D eigenvalue weighted by atomic mass is 79.9. The van der Waals surface area contributed by atoms with Crippen molar-refractivity contribution in [2.75, 3.05) is 6.61 Å². The molecule has 0 bridgehead atoms. The van der Waals surface area contributed by atoms with Gasteiger partial charge in [-0.3, -0.25) is 9.89 Å². The summed E-state index contributed by atoms with van der Waals surface area (Å²) in [5.41, 5.74) is 3.90. The number of rotatable bonds is 5. The van der Waals surface area contributed by atoms with Gasteiger partial charge in [0, 0.05) is 27.7 Å². The number of pyridine rings is 1. The summed E-state index contributed by atoms with van der Waals surface area (Å²) in [6.45, 7) is -0.364. The van der Waals surface area contributed by atoms with Crippen LogP contribution in [0.4, 0.5) is 8.78 Å². The lowest BCUT2D eigenvalue weighted by Gasteiger charge is -2.19. The van der Waals surface area contributed by atoms with Gasteiger partial charge in [0.1, 0.15) is 11.6 Å². The zero-order valence-corrected chi connectivity index (χ0v) is 19.3. The molecule has 1 atom stereocenters. The first-order valence-corrected chi connectivity index (χ1v) is 11.3. The van der Waals surface area contributed by atoms with E-state index in [0.717, 1.165) is 22.0 Å². The molecule has 3 aromatic carbocycles. The SMILES string of the molecule is O=c1cc(-c2ccc3[nH]nc(-c4ccc(F)cc4)c3c2)ccn1C(CO)c1cc(F)cc(Br)c1. The minimum Gasteiger partial charge on any atom is -0.394 e. The third-order valence-electron chi connectivity index (χ3n) is 5.74. The second kappa shape index (κ2) is 8.96. The van der Waals surface area contributed by atoms with Crippen molar-refractivity contribution in [3.8, 4) is 22.4 Å². The predicted octanol–water partition coefficient (Wildman–Crippen LogP) is 5.68. The third-order valence-corrected chi connectivity index (χ3v) is 6.20. The van der Waals surface area contributed by atoms with E-state index >= 15 is 0 Å². The maximum atomic E-state index is 13.9. The van der Waals surface area contributed by atoms with E-state index < -0.39 is 11.9 Å². The molecule has 2 aromatic heterocycles. The number of fused-ring (bicyclic) bond motifs is 1. The Morgan fingerprint density at radius 2 is 1.65 bits per heavy atom. The van der Waals surface area contributed by atoms with Crippen LogP contribution in [0.25, 0.3) is 33.3 Å². The molecule has 0 aliphatic heterocycles. The van der Waals surface area contributed by atoms with Crippen LogP contribution in [-0.2, 0) is 0 Å². The molecular weight excluding hydrogens is 504 g/mol. The van der Waals surface area contributed by atoms with E-state index in [1.165, 1.54) is 34.9 Å². The smallest absolute Gasteiger partial charge is 0.251 e. The van der Waals surface area contributed by atoms with Crippen LogP contribution in [0.2, 0.25) is 0 Å². The van der Waals surface area contributed by atoms with Crippen LogP contribution < -0.4 is 5.56 Å². The monoisotopic (exact) mass is 521 g/mol. The largest absolute Gasteiger partial charge is 0.394 e. The fraction of sp³-hybridized carbons (Fsp3) is 0.0769. The van der Waals surface area contributed by atoms with Gasteiger partial charge in [0.25, 0.3) is 5.56 Å². The van der Waals surface area contributed by atoms with E-state index in [-0.39, 0.29) is 18.0 Å². The van der Waals surface area contributed by atoms with Crippen LogP contribution >= 0.6 is 15.9 Å². The molecule has 0 radical (unpaired) electrons. The first-order valence-electron chi connectivity index (χ1n) is 10.5. The number of H-pyrrole nitrogens is 1. The normalized spacial score (nSPS) is 12.2. The lowest BCUT2D eigenvalue weighted by Crippen LogP contribution is -2.27. The highest BCUT2D eigenvalue weighted by Gasteiger charge is 2.17. The Bertz CT molecular complexity index is 1540. The average molecular weight is 522 g/mol. The van der Waals surface area contributed by atoms with E-state index in [9.17, 15) is 18.7 Å². The standard InChI is InChI=1S/C26H18BrF2N3O2/c27-19-9-18(10-21(29)13-19)24(14-33)32-8-7-17(12-25(32)34)16-3-6-23-22(11-16)26(31-30-23)15-1-4-20(28)5-2-15/h1-13,24,33H,14H2,(H,30,31). The molecule has 8 heteroatoms. The molecule has 34 heavy (non-hydrogen) atoms. The van der Waals surface area contributed by atoms with E-state index in [1.807, 2.05) is 18.2 Å². The molecule has 0 spiro atoms. The zero-order chi connectivity index (χ0) is 23.8. The van der Waals surface area contributed by atoms with Gasteiger partial charge in [0.2, 0.25) is 0 Å². The Balaban J connectivity index is 1.54. The molecule has 0 aliphatic carbocycles. The van der Waals surface area contributed by atoms with Crippen LogP contribution in [0, 0.1) is 11.6 Å². The van der Waals surface area contributed by atoms with Crippen LogP contribution in [-0.4, -0.2) is 26.5 Å². The van der Waals surface area contributed by atoms with Crippen LogP contribution in [0.1, 0.15) is 11.6 Å².